The molecule has 0 saturated heterocycles. The number of carbonyl (C=O) groups excluding carboxylic acids is 2. The van der Waals surface area contributed by atoms with E-state index >= 15 is 0 Å². The van der Waals surface area contributed by atoms with Crippen LogP contribution in [0, 0.1) is 44.1 Å². The topological polar surface area (TPSA) is 57.9 Å². The molecular formula is C3H3NO2PaPbRh. The molecule has 0 atom stereocenters. The molecule has 0 aliphatic carbocycles. The number of rotatable bonds is 0. The molecule has 0 aliphatic rings. The molecule has 0 aromatic rings. The normalized spacial score (nSPS) is 1.11. The summed E-state index contributed by atoms with van der Waals surface area (Å²) in [6.45, 7) is 11.2. The molecule has 0 fully saturated rings. The zero-order valence-electron chi connectivity index (χ0n) is 4.41. The summed E-state index contributed by atoms with van der Waals surface area (Å²) in [5.74, 6) is 0. The van der Waals surface area contributed by atoms with Gasteiger partial charge in [0.2, 0.25) is 0 Å². The van der Waals surface area contributed by atoms with Crippen LogP contribution in [0.3, 0.4) is 0 Å². The van der Waals surface area contributed by atoms with E-state index in [1.807, 2.05) is 0 Å². The van der Waals surface area contributed by atoms with E-state index in [9.17, 15) is 0 Å². The van der Waals surface area contributed by atoms with Crippen molar-refractivity contribution in [3.8, 4) is 0 Å². The van der Waals surface area contributed by atoms with Crippen LogP contribution in [0.4, 0.5) is 0 Å². The van der Waals surface area contributed by atoms with E-state index < -0.39 is 0 Å². The van der Waals surface area contributed by atoms with Gasteiger partial charge in [-0.3, -0.25) is 13.6 Å². The summed E-state index contributed by atoms with van der Waals surface area (Å²) in [6.07, 6.45) is 0. The van der Waals surface area contributed by atoms with Crippen LogP contribution in [0.25, 0.3) is 0 Å². The van der Waals surface area contributed by atoms with Gasteiger partial charge in [0.05, 0.1) is 0 Å². The third-order valence-electron chi connectivity index (χ3n) is 0. The van der Waals surface area contributed by atoms with Crippen LogP contribution in [0.5, 0.6) is 0 Å². The summed E-state index contributed by atoms with van der Waals surface area (Å²) in [5, 5.41) is 6.25. The molecule has 3 nitrogen and oxygen atoms in total. The van der Waals surface area contributed by atoms with Crippen molar-refractivity contribution in [2.75, 3.05) is 0 Å². The van der Waals surface area contributed by atoms with Gasteiger partial charge in [0.25, 0.3) is 0 Å². The van der Waals surface area contributed by atoms with Gasteiger partial charge in [-0.05, 0) is 0 Å². The summed E-state index contributed by atoms with van der Waals surface area (Å²) < 4.78 is 0. The van der Waals surface area contributed by atoms with Crippen molar-refractivity contribution in [3.63, 3.8) is 0 Å². The Hall–Kier alpha value is 1.47. The van der Waals surface area contributed by atoms with Crippen molar-refractivity contribution < 1.29 is 61.4 Å². The largest absolute Gasteiger partial charge is 3.00 e. The van der Waals surface area contributed by atoms with Gasteiger partial charge in [0.1, 0.15) is 0 Å². The smallest absolute Gasteiger partial charge is 3.00 e. The van der Waals surface area contributed by atoms with E-state index in [0.29, 0.717) is 0 Å². The second-order valence-corrected chi connectivity index (χ2v) is 0. The molecule has 0 aromatic carbocycles. The predicted molar refractivity (Wildman–Crippen MR) is 25.6 cm³/mol. The summed E-state index contributed by atoms with van der Waals surface area (Å²) >= 11 is 0. The Labute approximate surface area is 112 Å². The van der Waals surface area contributed by atoms with Gasteiger partial charge in [-0.1, -0.05) is 0 Å². The van der Waals surface area contributed by atoms with Gasteiger partial charge in [0.15, 0.2) is 0 Å². The third kappa shape index (κ3) is 245. The van der Waals surface area contributed by atoms with Crippen LogP contribution < -0.4 is 0 Å². The first-order valence-corrected chi connectivity index (χ1v) is 0.695. The Bertz CT molecular complexity index is 38.2. The predicted octanol–water partition coefficient (Wildman–Crippen LogP) is -1.10. The Morgan fingerprint density at radius 3 is 1.00 bits per heavy atom. The average molecular weight is 626 g/mol. The van der Waals surface area contributed by atoms with Crippen molar-refractivity contribution in [2.45, 2.75) is 0 Å². The van der Waals surface area contributed by atoms with Gasteiger partial charge in [0, 0.05) is 32.3 Å². The van der Waals surface area contributed by atoms with E-state index in [1.54, 1.807) is 0 Å². The van der Waals surface area contributed by atoms with Gasteiger partial charge in [-0.25, -0.2) is 0 Å². The van der Waals surface area contributed by atoms with Crippen LogP contribution in [-0.2, 0) is 29.1 Å². The van der Waals surface area contributed by atoms with E-state index in [1.165, 1.54) is 0 Å². The van der Waals surface area contributed by atoms with E-state index in [-0.39, 0.29) is 79.1 Å². The van der Waals surface area contributed by atoms with Crippen LogP contribution in [0.2, 0.25) is 0 Å². The SMILES string of the molecule is [C-]#N.[CH-]=O.[CH-]=O.[Pa].[PbH].[Rh+3]. The molecule has 0 aromatic heterocycles. The number of nitrogens with zero attached hydrogens (tertiary/aromatic N) is 1. The zero-order valence-corrected chi connectivity index (χ0v) is 15.3. The first kappa shape index (κ1) is 47.0. The second kappa shape index (κ2) is 316. The van der Waals surface area contributed by atoms with Gasteiger partial charge >= 0.3 is 46.8 Å². The Morgan fingerprint density at radius 1 is 1.00 bits per heavy atom. The van der Waals surface area contributed by atoms with E-state index in [4.69, 9.17) is 21.4 Å². The molecule has 4 radical (unpaired) electrons. The minimum atomic E-state index is 0. The van der Waals surface area contributed by atoms with E-state index in [2.05, 4.69) is 13.6 Å². The minimum Gasteiger partial charge on any atom is 3.00 e. The summed E-state index contributed by atoms with van der Waals surface area (Å²) in [7, 11) is 0. The van der Waals surface area contributed by atoms with Gasteiger partial charge in [-0.2, -0.15) is 0 Å². The first-order chi connectivity index (χ1) is 3.00. The molecule has 0 unspecified atom stereocenters. The monoisotopic (exact) mass is 627 g/mol. The summed E-state index contributed by atoms with van der Waals surface area (Å²) in [5.41, 5.74) is 0. The standard InChI is InChI=1S/CN.2CHO.Pa.Pb.Rh.H/c3*1-2;;;;/h;2*1H;;;;/q3*-1;;;+3;. The van der Waals surface area contributed by atoms with Crippen molar-refractivity contribution in [2.24, 2.45) is 0 Å². The molecule has 0 aliphatic heterocycles. The van der Waals surface area contributed by atoms with Gasteiger partial charge in [-0.15, -0.1) is 0 Å². The van der Waals surface area contributed by atoms with Crippen LogP contribution >= 0.6 is 0 Å². The summed E-state index contributed by atoms with van der Waals surface area (Å²) in [6, 6.07) is 0. The molecule has 0 amide bonds. The van der Waals surface area contributed by atoms with E-state index in [0.717, 1.165) is 0 Å². The average Bonchev–Trinajstić information content (AvgIpc) is 1.81. The van der Waals surface area contributed by atoms with Crippen molar-refractivity contribution >= 4 is 40.9 Å². The first-order valence-electron chi connectivity index (χ1n) is 0.695. The minimum absolute atomic E-state index is 0. The fraction of sp³-hybridized carbons (Fsp3) is 0. The maximum atomic E-state index is 7.75. The molecule has 0 saturated carbocycles. The molecule has 0 heterocycles. The van der Waals surface area contributed by atoms with Gasteiger partial charge < -0.3 is 21.4 Å². The molecule has 0 rings (SSSR count). The molecule has 6 heteroatoms. The van der Waals surface area contributed by atoms with Crippen molar-refractivity contribution in [1.29, 1.82) is 5.26 Å². The van der Waals surface area contributed by atoms with Crippen LogP contribution in [0.1, 0.15) is 0 Å². The fourth-order valence-electron chi connectivity index (χ4n) is 0. The maximum absolute atomic E-state index is 7.75. The van der Waals surface area contributed by atoms with Crippen molar-refractivity contribution in [1.82, 2.24) is 0 Å². The molecule has 48 valence electrons. The molecule has 9 heavy (non-hydrogen) atoms. The quantitative estimate of drug-likeness (QED) is 0.195. The Kier molecular flexibility index (Phi) is 1650. The van der Waals surface area contributed by atoms with Crippen LogP contribution in [0.15, 0.2) is 0 Å². The molecular weight excluding hydrogens is 623 g/mol. The zero-order chi connectivity index (χ0) is 6.00. The molecule has 0 spiro atoms. The second-order valence-electron chi connectivity index (χ2n) is 0. The third-order valence-corrected chi connectivity index (χ3v) is 0. The fourth-order valence-corrected chi connectivity index (χ4v) is 0. The van der Waals surface area contributed by atoms with Crippen LogP contribution in [-0.4, -0.2) is 40.9 Å². The summed E-state index contributed by atoms with van der Waals surface area (Å²) in [4.78, 5) is 15.5. The molecule has 0 N–H and O–H groups in total. The number of hydrogen-bond acceptors (Lipinski definition) is 3. The maximum Gasteiger partial charge on any atom is 3.00 e. The van der Waals surface area contributed by atoms with Crippen molar-refractivity contribution in [3.05, 3.63) is 6.57 Å². The Morgan fingerprint density at radius 2 is 1.00 bits per heavy atom. The molecule has 0 bridgehead atoms. The number of hydrogen-bond donors (Lipinski definition) is 0. The Balaban J connectivity index is -0.00000000321.